The van der Waals surface area contributed by atoms with Gasteiger partial charge in [0.05, 0.1) is 13.7 Å². The predicted molar refractivity (Wildman–Crippen MR) is 103 cm³/mol. The van der Waals surface area contributed by atoms with Gasteiger partial charge in [0.25, 0.3) is 0 Å². The number of amides is 2. The lowest BCUT2D eigenvalue weighted by Gasteiger charge is -2.33. The molecule has 3 rings (SSSR count). The monoisotopic (exact) mass is 435 g/mol. The third-order valence-corrected chi connectivity index (χ3v) is 5.10. The first kappa shape index (κ1) is 19.4. The number of hydrogen-bond donors (Lipinski definition) is 1. The summed E-state index contributed by atoms with van der Waals surface area (Å²) in [5.41, 5.74) is 0.807. The average molecular weight is 436 g/mol. The van der Waals surface area contributed by atoms with Gasteiger partial charge in [-0.2, -0.15) is 0 Å². The Bertz CT molecular complexity index is 802. The lowest BCUT2D eigenvalue weighted by atomic mass is 9.94. The lowest BCUT2D eigenvalue weighted by molar-refractivity contribution is 0.0594. The average Bonchev–Trinajstić information content (AvgIpc) is 3.15. The van der Waals surface area contributed by atoms with E-state index in [9.17, 15) is 9.59 Å². The number of esters is 1. The summed E-state index contributed by atoms with van der Waals surface area (Å²) in [7, 11) is 1.29. The van der Waals surface area contributed by atoms with Crippen molar-refractivity contribution in [1.82, 2.24) is 9.88 Å². The molecule has 1 fully saturated rings. The van der Waals surface area contributed by atoms with Gasteiger partial charge in [-0.15, -0.1) is 0 Å². The van der Waals surface area contributed by atoms with Crippen molar-refractivity contribution in [3.05, 3.63) is 46.6 Å². The molecule has 7 nitrogen and oxygen atoms in total. The number of urea groups is 1. The first-order chi connectivity index (χ1) is 13.1. The highest BCUT2D eigenvalue weighted by Gasteiger charge is 2.27. The number of halogens is 1. The number of aromatic nitrogens is 1. The number of nitrogens with one attached hydrogen (secondary N) is 1. The van der Waals surface area contributed by atoms with Crippen molar-refractivity contribution in [3.8, 4) is 0 Å². The number of carbonyl (C=O) groups is 2. The van der Waals surface area contributed by atoms with Crippen molar-refractivity contribution in [1.29, 1.82) is 0 Å². The summed E-state index contributed by atoms with van der Waals surface area (Å²) in [5.74, 6) is -0.252. The Morgan fingerprint density at radius 2 is 2.11 bits per heavy atom. The largest absolute Gasteiger partial charge is 0.464 e. The maximum atomic E-state index is 13.0. The Labute approximate surface area is 166 Å². The van der Waals surface area contributed by atoms with Crippen LogP contribution in [0.4, 0.5) is 10.5 Å². The lowest BCUT2D eigenvalue weighted by Crippen LogP contribution is -2.43. The van der Waals surface area contributed by atoms with Crippen LogP contribution < -0.4 is 5.32 Å². The highest BCUT2D eigenvalue weighted by molar-refractivity contribution is 9.10. The van der Waals surface area contributed by atoms with Crippen molar-refractivity contribution in [2.75, 3.05) is 12.4 Å². The number of benzene rings is 1. The normalized spacial score (nSPS) is 14.6. The zero-order chi connectivity index (χ0) is 19.2. The number of carbonyl (C=O) groups excluding carboxylic acids is 2. The number of hydrogen-bond acceptors (Lipinski definition) is 5. The second kappa shape index (κ2) is 9.03. The topological polar surface area (TPSA) is 84.7 Å². The summed E-state index contributed by atoms with van der Waals surface area (Å²) >= 11 is 3.41. The Morgan fingerprint density at radius 1 is 1.33 bits per heavy atom. The molecule has 1 saturated carbocycles. The fourth-order valence-corrected chi connectivity index (χ4v) is 3.65. The summed E-state index contributed by atoms with van der Waals surface area (Å²) in [6.07, 6.45) is 6.50. The van der Waals surface area contributed by atoms with Gasteiger partial charge in [0, 0.05) is 16.2 Å². The van der Waals surface area contributed by atoms with Crippen LogP contribution in [0.5, 0.6) is 0 Å². The molecule has 0 bridgehead atoms. The van der Waals surface area contributed by atoms with Gasteiger partial charge in [-0.3, -0.25) is 0 Å². The summed E-state index contributed by atoms with van der Waals surface area (Å²) in [4.78, 5) is 30.4. The third-order valence-electron chi connectivity index (χ3n) is 4.60. The predicted octanol–water partition coefficient (Wildman–Crippen LogP) is 4.59. The molecule has 0 radical (unpaired) electrons. The molecule has 8 heteroatoms. The van der Waals surface area contributed by atoms with Crippen LogP contribution in [0.2, 0.25) is 0 Å². The number of nitrogens with zero attached hydrogens (tertiary/aromatic N) is 2. The van der Waals surface area contributed by atoms with Crippen molar-refractivity contribution in [2.45, 2.75) is 44.7 Å². The molecule has 0 unspecified atom stereocenters. The van der Waals surface area contributed by atoms with E-state index in [4.69, 9.17) is 4.42 Å². The molecular weight excluding hydrogens is 414 g/mol. The minimum absolute atomic E-state index is 0.100. The highest BCUT2D eigenvalue weighted by atomic mass is 79.9. The molecule has 0 spiro atoms. The van der Waals surface area contributed by atoms with Crippen LogP contribution in [0, 0.1) is 0 Å². The molecule has 1 N–H and O–H groups in total. The van der Waals surface area contributed by atoms with E-state index < -0.39 is 5.97 Å². The van der Waals surface area contributed by atoms with Crippen LogP contribution in [-0.2, 0) is 11.3 Å². The van der Waals surface area contributed by atoms with E-state index >= 15 is 0 Å². The molecule has 1 aliphatic rings. The van der Waals surface area contributed by atoms with Crippen LogP contribution >= 0.6 is 15.9 Å². The van der Waals surface area contributed by atoms with E-state index in [0.29, 0.717) is 11.6 Å². The second-order valence-electron chi connectivity index (χ2n) is 6.48. The fourth-order valence-electron chi connectivity index (χ4n) is 3.25. The number of ether oxygens (including phenoxy) is 1. The molecule has 1 aliphatic carbocycles. The van der Waals surface area contributed by atoms with Gasteiger partial charge in [0.2, 0.25) is 5.89 Å². The number of methoxy groups -OCH3 is 1. The molecule has 2 amide bonds. The van der Waals surface area contributed by atoms with Crippen LogP contribution in [-0.4, -0.2) is 35.0 Å². The Kier molecular flexibility index (Phi) is 6.49. The molecule has 2 aromatic rings. The Hall–Kier alpha value is -2.35. The Balaban J connectivity index is 1.76. The van der Waals surface area contributed by atoms with Gasteiger partial charge in [0.15, 0.2) is 5.69 Å². The molecule has 0 atom stereocenters. The first-order valence-electron chi connectivity index (χ1n) is 8.92. The highest BCUT2D eigenvalue weighted by Crippen LogP contribution is 2.25. The van der Waals surface area contributed by atoms with Gasteiger partial charge in [-0.1, -0.05) is 41.3 Å². The zero-order valence-electron chi connectivity index (χ0n) is 15.1. The van der Waals surface area contributed by atoms with Crippen LogP contribution in [0.3, 0.4) is 0 Å². The molecule has 27 heavy (non-hydrogen) atoms. The smallest absolute Gasteiger partial charge is 0.360 e. The van der Waals surface area contributed by atoms with Gasteiger partial charge in [-0.25, -0.2) is 14.6 Å². The SMILES string of the molecule is COC(=O)c1coc(CN(C(=O)Nc2cccc(Br)c2)C2CCCCC2)n1. The summed E-state index contributed by atoms with van der Waals surface area (Å²) in [6, 6.07) is 7.34. The van der Waals surface area contributed by atoms with Gasteiger partial charge in [-0.05, 0) is 31.0 Å². The van der Waals surface area contributed by atoms with Crippen LogP contribution in [0.25, 0.3) is 0 Å². The molecule has 0 aliphatic heterocycles. The summed E-state index contributed by atoms with van der Waals surface area (Å²) in [6.45, 7) is 0.196. The molecule has 144 valence electrons. The minimum Gasteiger partial charge on any atom is -0.464 e. The number of oxazole rings is 1. The van der Waals surface area contributed by atoms with Gasteiger partial charge >= 0.3 is 12.0 Å². The van der Waals surface area contributed by atoms with Crippen LogP contribution in [0.15, 0.2) is 39.4 Å². The summed E-state index contributed by atoms with van der Waals surface area (Å²) < 4.78 is 10.9. The van der Waals surface area contributed by atoms with E-state index in [0.717, 1.165) is 30.2 Å². The standard InChI is InChI=1S/C19H22BrN3O4/c1-26-18(24)16-12-27-17(22-16)11-23(15-8-3-2-4-9-15)19(25)21-14-7-5-6-13(20)10-14/h5-7,10,12,15H,2-4,8-9,11H2,1H3,(H,21,25). The van der Waals surface area contributed by atoms with E-state index in [-0.39, 0.29) is 24.3 Å². The van der Waals surface area contributed by atoms with Crippen LogP contribution in [0.1, 0.15) is 48.5 Å². The van der Waals surface area contributed by atoms with Crippen molar-refractivity contribution in [3.63, 3.8) is 0 Å². The zero-order valence-corrected chi connectivity index (χ0v) is 16.7. The van der Waals surface area contributed by atoms with Crippen molar-refractivity contribution < 1.29 is 18.7 Å². The number of rotatable bonds is 5. The fraction of sp³-hybridized carbons (Fsp3) is 0.421. The maximum Gasteiger partial charge on any atom is 0.360 e. The van der Waals surface area contributed by atoms with Crippen molar-refractivity contribution >= 4 is 33.6 Å². The van der Waals surface area contributed by atoms with E-state index in [1.54, 1.807) is 4.90 Å². The van der Waals surface area contributed by atoms with E-state index in [2.05, 4.69) is 31.0 Å². The van der Waals surface area contributed by atoms with Crippen molar-refractivity contribution in [2.24, 2.45) is 0 Å². The van der Waals surface area contributed by atoms with Gasteiger partial charge < -0.3 is 19.4 Å². The third kappa shape index (κ3) is 5.09. The second-order valence-corrected chi connectivity index (χ2v) is 7.39. The quantitative estimate of drug-likeness (QED) is 0.693. The number of anilines is 1. The first-order valence-corrected chi connectivity index (χ1v) is 9.72. The molecule has 1 aromatic carbocycles. The van der Waals surface area contributed by atoms with E-state index in [1.807, 2.05) is 24.3 Å². The molecule has 1 aromatic heterocycles. The maximum absolute atomic E-state index is 13.0. The summed E-state index contributed by atoms with van der Waals surface area (Å²) in [5, 5.41) is 2.94. The molecule has 1 heterocycles. The molecule has 0 saturated heterocycles. The minimum atomic E-state index is -0.562. The molecular formula is C19H22BrN3O4. The van der Waals surface area contributed by atoms with Gasteiger partial charge in [0.1, 0.15) is 6.26 Å². The Morgan fingerprint density at radius 3 is 2.81 bits per heavy atom. The van der Waals surface area contributed by atoms with E-state index in [1.165, 1.54) is 19.8 Å².